The average molecular weight is 342 g/mol. The smallest absolute Gasteiger partial charge is 0.186 e. The molecule has 1 aromatic carbocycles. The maximum Gasteiger partial charge on any atom is 0.186 e. The molecule has 0 radical (unpaired) electrons. The molecular formula is C9H13ClIN3O. The molecule has 4 nitrogen and oxygen atoms in total. The van der Waals surface area contributed by atoms with Crippen LogP contribution in [-0.2, 0) is 0 Å². The normalized spacial score (nSPS) is 8.87. The molecule has 0 heterocycles. The lowest BCUT2D eigenvalue weighted by Crippen LogP contribution is -2.23. The maximum absolute atomic E-state index is 5.76. The Morgan fingerprint density at radius 3 is 2.73 bits per heavy atom. The summed E-state index contributed by atoms with van der Waals surface area (Å²) in [7, 11) is 0. The Morgan fingerprint density at radius 2 is 2.13 bits per heavy atom. The highest BCUT2D eigenvalue weighted by molar-refractivity contribution is 14.0. The summed E-state index contributed by atoms with van der Waals surface area (Å²) >= 11 is 5.76. The molecule has 0 aliphatic rings. The van der Waals surface area contributed by atoms with Crippen LogP contribution in [0.5, 0.6) is 5.75 Å². The Bertz CT molecular complexity index is 329. The van der Waals surface area contributed by atoms with Crippen molar-refractivity contribution in [3.05, 3.63) is 29.3 Å². The van der Waals surface area contributed by atoms with Crippen molar-refractivity contribution < 1.29 is 4.74 Å². The molecule has 15 heavy (non-hydrogen) atoms. The Balaban J connectivity index is 0.00000196. The van der Waals surface area contributed by atoms with Crippen molar-refractivity contribution >= 4 is 41.5 Å². The van der Waals surface area contributed by atoms with Gasteiger partial charge in [0.2, 0.25) is 0 Å². The van der Waals surface area contributed by atoms with Crippen molar-refractivity contribution in [2.24, 2.45) is 16.5 Å². The second-order valence-corrected chi connectivity index (χ2v) is 3.05. The number of hydrogen-bond acceptors (Lipinski definition) is 2. The average Bonchev–Trinajstić information content (AvgIpc) is 2.12. The van der Waals surface area contributed by atoms with Gasteiger partial charge < -0.3 is 16.2 Å². The van der Waals surface area contributed by atoms with Crippen LogP contribution in [0.4, 0.5) is 0 Å². The largest absolute Gasteiger partial charge is 0.492 e. The first-order valence-corrected chi connectivity index (χ1v) is 4.50. The number of ether oxygens (including phenoxy) is 1. The predicted molar refractivity (Wildman–Crippen MR) is 73.0 cm³/mol. The number of nitrogens with zero attached hydrogens (tertiary/aromatic N) is 1. The van der Waals surface area contributed by atoms with E-state index in [4.69, 9.17) is 27.8 Å². The van der Waals surface area contributed by atoms with Crippen LogP contribution < -0.4 is 16.2 Å². The highest BCUT2D eigenvalue weighted by Gasteiger charge is 1.93. The van der Waals surface area contributed by atoms with Crippen molar-refractivity contribution in [3.63, 3.8) is 0 Å². The standard InChI is InChI=1S/C9H12ClN3O.HI/c10-7-2-1-3-8(6-7)14-5-4-13-9(11)12;/h1-3,6H,4-5H2,(H4,11,12,13);1H. The van der Waals surface area contributed by atoms with E-state index in [2.05, 4.69) is 4.99 Å². The third-order valence-corrected chi connectivity index (χ3v) is 1.69. The molecule has 0 amide bonds. The molecule has 0 saturated heterocycles. The van der Waals surface area contributed by atoms with Crippen LogP contribution in [0.2, 0.25) is 5.02 Å². The van der Waals surface area contributed by atoms with Crippen LogP contribution in [0.25, 0.3) is 0 Å². The number of aliphatic imine (C=N–C) groups is 1. The SMILES string of the molecule is I.NC(N)=NCCOc1cccc(Cl)c1. The van der Waals surface area contributed by atoms with E-state index in [9.17, 15) is 0 Å². The highest BCUT2D eigenvalue weighted by atomic mass is 127. The first-order valence-electron chi connectivity index (χ1n) is 4.12. The number of rotatable bonds is 4. The van der Waals surface area contributed by atoms with Gasteiger partial charge in [-0.1, -0.05) is 17.7 Å². The zero-order chi connectivity index (χ0) is 10.4. The fourth-order valence-corrected chi connectivity index (χ4v) is 1.08. The molecule has 0 aliphatic carbocycles. The van der Waals surface area contributed by atoms with E-state index >= 15 is 0 Å². The van der Waals surface area contributed by atoms with E-state index in [1.54, 1.807) is 12.1 Å². The first-order chi connectivity index (χ1) is 6.68. The second-order valence-electron chi connectivity index (χ2n) is 2.61. The minimum atomic E-state index is 0. The van der Waals surface area contributed by atoms with Gasteiger partial charge >= 0.3 is 0 Å². The summed E-state index contributed by atoms with van der Waals surface area (Å²) < 4.78 is 5.33. The summed E-state index contributed by atoms with van der Waals surface area (Å²) in [6, 6.07) is 7.15. The van der Waals surface area contributed by atoms with E-state index in [0.717, 1.165) is 0 Å². The predicted octanol–water partition coefficient (Wildman–Crippen LogP) is 1.61. The summed E-state index contributed by atoms with van der Waals surface area (Å²) in [6.45, 7) is 0.868. The van der Waals surface area contributed by atoms with Gasteiger partial charge in [0, 0.05) is 5.02 Å². The van der Waals surface area contributed by atoms with E-state index in [-0.39, 0.29) is 29.9 Å². The fraction of sp³-hybridized carbons (Fsp3) is 0.222. The van der Waals surface area contributed by atoms with Crippen LogP contribution in [-0.4, -0.2) is 19.1 Å². The Morgan fingerprint density at radius 1 is 1.40 bits per heavy atom. The lowest BCUT2D eigenvalue weighted by atomic mass is 10.3. The third kappa shape index (κ3) is 6.40. The van der Waals surface area contributed by atoms with Gasteiger partial charge in [0.05, 0.1) is 6.54 Å². The van der Waals surface area contributed by atoms with E-state index in [0.29, 0.717) is 23.9 Å². The van der Waals surface area contributed by atoms with E-state index < -0.39 is 0 Å². The summed E-state index contributed by atoms with van der Waals surface area (Å²) in [5.41, 5.74) is 10.3. The zero-order valence-corrected chi connectivity index (χ0v) is 11.1. The van der Waals surface area contributed by atoms with Crippen molar-refractivity contribution in [2.75, 3.05) is 13.2 Å². The maximum atomic E-state index is 5.76. The minimum absolute atomic E-state index is 0. The Kier molecular flexibility index (Phi) is 7.23. The van der Waals surface area contributed by atoms with Crippen molar-refractivity contribution in [3.8, 4) is 5.75 Å². The van der Waals surface area contributed by atoms with Gasteiger partial charge in [-0.25, -0.2) is 0 Å². The van der Waals surface area contributed by atoms with E-state index in [1.807, 2.05) is 12.1 Å². The summed E-state index contributed by atoms with van der Waals surface area (Å²) in [5.74, 6) is 0.781. The molecule has 1 rings (SSSR count). The number of benzene rings is 1. The van der Waals surface area contributed by atoms with E-state index in [1.165, 1.54) is 0 Å². The molecule has 0 fully saturated rings. The number of hydrogen-bond donors (Lipinski definition) is 2. The molecule has 4 N–H and O–H groups in total. The van der Waals surface area contributed by atoms with Crippen LogP contribution in [0.3, 0.4) is 0 Å². The monoisotopic (exact) mass is 341 g/mol. The molecule has 1 aromatic rings. The number of nitrogens with two attached hydrogens (primary N) is 2. The number of guanidine groups is 1. The quantitative estimate of drug-likeness (QED) is 0.378. The van der Waals surface area contributed by atoms with Gasteiger partial charge in [-0.2, -0.15) is 0 Å². The van der Waals surface area contributed by atoms with Gasteiger partial charge in [-0.15, -0.1) is 24.0 Å². The molecule has 0 aromatic heterocycles. The van der Waals surface area contributed by atoms with Crippen LogP contribution in [0, 0.1) is 0 Å². The van der Waals surface area contributed by atoms with Gasteiger partial charge in [0.25, 0.3) is 0 Å². The van der Waals surface area contributed by atoms with Crippen molar-refractivity contribution in [1.82, 2.24) is 0 Å². The summed E-state index contributed by atoms with van der Waals surface area (Å²) in [4.78, 5) is 3.78. The van der Waals surface area contributed by atoms with Gasteiger partial charge in [-0.05, 0) is 18.2 Å². The molecule has 0 unspecified atom stereocenters. The number of halogens is 2. The van der Waals surface area contributed by atoms with Crippen LogP contribution >= 0.6 is 35.6 Å². The second kappa shape index (κ2) is 7.58. The van der Waals surface area contributed by atoms with Crippen LogP contribution in [0.15, 0.2) is 29.3 Å². The molecule has 0 bridgehead atoms. The molecule has 6 heteroatoms. The lowest BCUT2D eigenvalue weighted by molar-refractivity contribution is 0.329. The zero-order valence-electron chi connectivity index (χ0n) is 8.02. The van der Waals surface area contributed by atoms with Crippen molar-refractivity contribution in [1.29, 1.82) is 0 Å². The molecule has 0 spiro atoms. The highest BCUT2D eigenvalue weighted by Crippen LogP contribution is 2.16. The summed E-state index contributed by atoms with van der Waals surface area (Å²) in [6.07, 6.45) is 0. The first kappa shape index (κ1) is 14.3. The topological polar surface area (TPSA) is 73.6 Å². The molecule has 0 saturated carbocycles. The molecule has 0 atom stereocenters. The van der Waals surface area contributed by atoms with Crippen molar-refractivity contribution in [2.45, 2.75) is 0 Å². The molecule has 0 aliphatic heterocycles. The Hall–Kier alpha value is -0.690. The summed E-state index contributed by atoms with van der Waals surface area (Å²) in [5, 5.41) is 0.643. The molecule has 84 valence electrons. The van der Waals surface area contributed by atoms with Crippen LogP contribution in [0.1, 0.15) is 0 Å². The Labute approximate surface area is 111 Å². The van der Waals surface area contributed by atoms with Gasteiger partial charge in [0.15, 0.2) is 5.96 Å². The van der Waals surface area contributed by atoms with Gasteiger partial charge in [-0.3, -0.25) is 4.99 Å². The van der Waals surface area contributed by atoms with Gasteiger partial charge in [0.1, 0.15) is 12.4 Å². The minimum Gasteiger partial charge on any atom is -0.492 e. The molecular weight excluding hydrogens is 328 g/mol. The fourth-order valence-electron chi connectivity index (χ4n) is 0.895. The third-order valence-electron chi connectivity index (χ3n) is 1.45. The lowest BCUT2D eigenvalue weighted by Gasteiger charge is -2.03.